The Labute approximate surface area is 77.4 Å². The zero-order valence-corrected chi connectivity index (χ0v) is 7.73. The highest BCUT2D eigenvalue weighted by Crippen LogP contribution is 2.55. The normalized spacial score (nSPS) is 52.4. The van der Waals surface area contributed by atoms with Crippen molar-refractivity contribution in [2.75, 3.05) is 13.7 Å². The zero-order valence-electron chi connectivity index (χ0n) is 7.73. The molecule has 5 atom stereocenters. The monoisotopic (exact) mass is 182 g/mol. The molecule has 2 bridgehead atoms. The summed E-state index contributed by atoms with van der Waals surface area (Å²) in [4.78, 5) is 11.4. The number of cyclic esters (lactones) is 1. The van der Waals surface area contributed by atoms with Crippen LogP contribution in [0.4, 0.5) is 0 Å². The molecule has 0 amide bonds. The molecule has 3 aliphatic rings. The summed E-state index contributed by atoms with van der Waals surface area (Å²) in [5, 5.41) is 0. The Kier molecular flexibility index (Phi) is 1.48. The van der Waals surface area contributed by atoms with Gasteiger partial charge >= 0.3 is 5.97 Å². The SMILES string of the molecule is COC1CC2CC1C1COC(=O)C21. The molecule has 3 rings (SSSR count). The fourth-order valence-electron chi connectivity index (χ4n) is 3.57. The molecule has 2 aliphatic carbocycles. The molecule has 1 heterocycles. The smallest absolute Gasteiger partial charge is 0.309 e. The maximum atomic E-state index is 11.4. The Morgan fingerprint density at radius 1 is 1.38 bits per heavy atom. The van der Waals surface area contributed by atoms with E-state index in [1.807, 2.05) is 0 Å². The van der Waals surface area contributed by atoms with E-state index in [0.717, 1.165) is 6.42 Å². The van der Waals surface area contributed by atoms with Crippen molar-refractivity contribution in [3.8, 4) is 0 Å². The maximum Gasteiger partial charge on any atom is 0.309 e. The van der Waals surface area contributed by atoms with E-state index in [2.05, 4.69) is 0 Å². The van der Waals surface area contributed by atoms with Crippen molar-refractivity contribution in [3.05, 3.63) is 0 Å². The molecular weight excluding hydrogens is 168 g/mol. The highest BCUT2D eigenvalue weighted by atomic mass is 16.5. The summed E-state index contributed by atoms with van der Waals surface area (Å²) in [6, 6.07) is 0. The predicted molar refractivity (Wildman–Crippen MR) is 45.0 cm³/mol. The van der Waals surface area contributed by atoms with Crippen LogP contribution in [0.5, 0.6) is 0 Å². The first-order chi connectivity index (χ1) is 6.31. The van der Waals surface area contributed by atoms with Crippen LogP contribution in [-0.2, 0) is 14.3 Å². The van der Waals surface area contributed by atoms with Gasteiger partial charge in [0.05, 0.1) is 18.6 Å². The van der Waals surface area contributed by atoms with Gasteiger partial charge < -0.3 is 9.47 Å². The van der Waals surface area contributed by atoms with Gasteiger partial charge in [0.1, 0.15) is 0 Å². The number of methoxy groups -OCH3 is 1. The van der Waals surface area contributed by atoms with Crippen LogP contribution in [-0.4, -0.2) is 25.8 Å². The number of hydrogen-bond acceptors (Lipinski definition) is 3. The standard InChI is InChI=1S/C10H14O3/c1-12-8-3-5-2-6(8)7-4-13-10(11)9(5)7/h5-9H,2-4H2,1H3. The molecule has 3 fully saturated rings. The lowest BCUT2D eigenvalue weighted by molar-refractivity contribution is -0.142. The molecule has 2 saturated carbocycles. The average Bonchev–Trinajstić information content (AvgIpc) is 2.76. The summed E-state index contributed by atoms with van der Waals surface area (Å²) in [5.41, 5.74) is 0. The molecule has 0 radical (unpaired) electrons. The average molecular weight is 182 g/mol. The lowest BCUT2D eigenvalue weighted by atomic mass is 9.80. The largest absolute Gasteiger partial charge is 0.465 e. The van der Waals surface area contributed by atoms with Gasteiger partial charge in [-0.2, -0.15) is 0 Å². The number of hydrogen-bond donors (Lipinski definition) is 0. The lowest BCUT2D eigenvalue weighted by Crippen LogP contribution is -2.32. The minimum atomic E-state index is 0.0482. The third-order valence-corrected chi connectivity index (χ3v) is 4.10. The van der Waals surface area contributed by atoms with E-state index >= 15 is 0 Å². The molecule has 1 saturated heterocycles. The lowest BCUT2D eigenvalue weighted by Gasteiger charge is -2.27. The first-order valence-electron chi connectivity index (χ1n) is 5.00. The van der Waals surface area contributed by atoms with Gasteiger partial charge in [0, 0.05) is 13.0 Å². The Balaban J connectivity index is 1.87. The van der Waals surface area contributed by atoms with Crippen LogP contribution in [0, 0.1) is 23.7 Å². The van der Waals surface area contributed by atoms with E-state index in [1.54, 1.807) is 7.11 Å². The molecule has 0 N–H and O–H groups in total. The van der Waals surface area contributed by atoms with Crippen molar-refractivity contribution >= 4 is 5.97 Å². The minimum absolute atomic E-state index is 0.0482. The highest BCUT2D eigenvalue weighted by Gasteiger charge is 2.59. The van der Waals surface area contributed by atoms with Crippen LogP contribution in [0.25, 0.3) is 0 Å². The van der Waals surface area contributed by atoms with E-state index in [0.29, 0.717) is 30.5 Å². The Bertz CT molecular complexity index is 249. The molecule has 1 aliphatic heterocycles. The number of esters is 1. The second-order valence-electron chi connectivity index (χ2n) is 4.49. The van der Waals surface area contributed by atoms with E-state index in [1.165, 1.54) is 6.42 Å². The van der Waals surface area contributed by atoms with Gasteiger partial charge in [0.2, 0.25) is 0 Å². The van der Waals surface area contributed by atoms with Gasteiger partial charge in [0.25, 0.3) is 0 Å². The Hall–Kier alpha value is -0.570. The van der Waals surface area contributed by atoms with Gasteiger partial charge in [-0.1, -0.05) is 0 Å². The summed E-state index contributed by atoms with van der Waals surface area (Å²) in [7, 11) is 1.78. The van der Waals surface area contributed by atoms with Crippen molar-refractivity contribution in [1.82, 2.24) is 0 Å². The van der Waals surface area contributed by atoms with Crippen LogP contribution in [0.1, 0.15) is 12.8 Å². The molecule has 0 aromatic heterocycles. The fraction of sp³-hybridized carbons (Fsp3) is 0.900. The van der Waals surface area contributed by atoms with Gasteiger partial charge in [0.15, 0.2) is 0 Å². The van der Waals surface area contributed by atoms with Crippen LogP contribution in [0.2, 0.25) is 0 Å². The zero-order chi connectivity index (χ0) is 9.00. The van der Waals surface area contributed by atoms with Crippen molar-refractivity contribution in [3.63, 3.8) is 0 Å². The maximum absolute atomic E-state index is 11.4. The summed E-state index contributed by atoms with van der Waals surface area (Å²) in [6.07, 6.45) is 2.64. The number of carbonyl (C=O) groups is 1. The number of rotatable bonds is 1. The van der Waals surface area contributed by atoms with Gasteiger partial charge in [-0.15, -0.1) is 0 Å². The minimum Gasteiger partial charge on any atom is -0.465 e. The van der Waals surface area contributed by atoms with E-state index < -0.39 is 0 Å². The van der Waals surface area contributed by atoms with Crippen molar-refractivity contribution in [1.29, 1.82) is 0 Å². The summed E-state index contributed by atoms with van der Waals surface area (Å²) < 4.78 is 10.5. The van der Waals surface area contributed by atoms with E-state index in [-0.39, 0.29) is 11.9 Å². The first-order valence-corrected chi connectivity index (χ1v) is 5.00. The molecule has 5 unspecified atom stereocenters. The summed E-state index contributed by atoms with van der Waals surface area (Å²) >= 11 is 0. The van der Waals surface area contributed by atoms with Crippen LogP contribution in [0.3, 0.4) is 0 Å². The Morgan fingerprint density at radius 2 is 2.23 bits per heavy atom. The molecular formula is C10H14O3. The molecule has 0 aromatic rings. The first kappa shape index (κ1) is 7.80. The summed E-state index contributed by atoms with van der Waals surface area (Å²) in [6.45, 7) is 0.643. The molecule has 72 valence electrons. The van der Waals surface area contributed by atoms with Crippen molar-refractivity contribution < 1.29 is 14.3 Å². The van der Waals surface area contributed by atoms with Crippen LogP contribution in [0.15, 0.2) is 0 Å². The fourth-order valence-corrected chi connectivity index (χ4v) is 3.57. The molecule has 3 nitrogen and oxygen atoms in total. The Morgan fingerprint density at radius 3 is 3.00 bits per heavy atom. The van der Waals surface area contributed by atoms with Gasteiger partial charge in [-0.3, -0.25) is 4.79 Å². The topological polar surface area (TPSA) is 35.5 Å². The number of carbonyl (C=O) groups excluding carboxylic acids is 1. The van der Waals surface area contributed by atoms with Crippen LogP contribution < -0.4 is 0 Å². The van der Waals surface area contributed by atoms with Gasteiger partial charge in [-0.25, -0.2) is 0 Å². The molecule has 0 aromatic carbocycles. The van der Waals surface area contributed by atoms with E-state index in [9.17, 15) is 4.79 Å². The molecule has 3 heteroatoms. The second-order valence-corrected chi connectivity index (χ2v) is 4.49. The second kappa shape index (κ2) is 2.47. The quantitative estimate of drug-likeness (QED) is 0.563. The van der Waals surface area contributed by atoms with Crippen LogP contribution >= 0.6 is 0 Å². The molecule has 0 spiro atoms. The van der Waals surface area contributed by atoms with Crippen molar-refractivity contribution in [2.45, 2.75) is 18.9 Å². The number of ether oxygens (including phenoxy) is 2. The molecule has 13 heavy (non-hydrogen) atoms. The summed E-state index contributed by atoms with van der Waals surface area (Å²) in [5.74, 6) is 1.88. The van der Waals surface area contributed by atoms with E-state index in [4.69, 9.17) is 9.47 Å². The third-order valence-electron chi connectivity index (χ3n) is 4.10. The number of fused-ring (bicyclic) bond motifs is 5. The van der Waals surface area contributed by atoms with Gasteiger partial charge in [-0.05, 0) is 24.7 Å². The van der Waals surface area contributed by atoms with Crippen molar-refractivity contribution in [2.24, 2.45) is 23.7 Å². The highest BCUT2D eigenvalue weighted by molar-refractivity contribution is 5.76. The third kappa shape index (κ3) is 0.857. The predicted octanol–water partition coefficient (Wildman–Crippen LogP) is 0.830.